The molecule has 0 bridgehead atoms. The Kier molecular flexibility index (Phi) is 3.49. The van der Waals surface area contributed by atoms with E-state index in [1.54, 1.807) is 0 Å². The number of urea groups is 1. The van der Waals surface area contributed by atoms with Crippen molar-refractivity contribution < 1.29 is 14.7 Å². The number of hydrogen-bond donors (Lipinski definition) is 3. The number of thioether (sulfide) groups is 1. The molecule has 2 fully saturated rings. The van der Waals surface area contributed by atoms with E-state index >= 15 is 0 Å². The van der Waals surface area contributed by atoms with Crippen LogP contribution in [0.2, 0.25) is 0 Å². The van der Waals surface area contributed by atoms with Crippen molar-refractivity contribution in [3.05, 3.63) is 0 Å². The highest BCUT2D eigenvalue weighted by Crippen LogP contribution is 2.47. The smallest absolute Gasteiger partial charge is 0.315 e. The summed E-state index contributed by atoms with van der Waals surface area (Å²) in [7, 11) is 0. The zero-order valence-corrected chi connectivity index (χ0v) is 11.6. The van der Waals surface area contributed by atoms with Crippen molar-refractivity contribution >= 4 is 23.8 Å². The molecular formula is C12H20N2O3S. The van der Waals surface area contributed by atoms with E-state index in [1.165, 1.54) is 0 Å². The van der Waals surface area contributed by atoms with Gasteiger partial charge in [-0.3, -0.25) is 4.79 Å². The number of carboxylic acids is 1. The lowest BCUT2D eigenvalue weighted by atomic mass is 9.79. The molecule has 0 aromatic rings. The molecule has 0 saturated carbocycles. The zero-order chi connectivity index (χ0) is 13.4. The van der Waals surface area contributed by atoms with Gasteiger partial charge in [-0.15, -0.1) is 0 Å². The molecular weight excluding hydrogens is 252 g/mol. The van der Waals surface area contributed by atoms with Gasteiger partial charge in [-0.1, -0.05) is 6.42 Å². The summed E-state index contributed by atoms with van der Waals surface area (Å²) in [5.41, 5.74) is -0.413. The molecule has 1 unspecified atom stereocenters. The molecule has 5 nitrogen and oxygen atoms in total. The maximum absolute atomic E-state index is 11.5. The molecule has 2 rings (SSSR count). The fourth-order valence-corrected chi connectivity index (χ4v) is 4.71. The van der Waals surface area contributed by atoms with Crippen molar-refractivity contribution in [1.29, 1.82) is 0 Å². The molecule has 0 aromatic carbocycles. The minimum atomic E-state index is -0.735. The topological polar surface area (TPSA) is 78.4 Å². The summed E-state index contributed by atoms with van der Waals surface area (Å²) in [5.74, 6) is 0.173. The number of carbonyl (C=O) groups is 2. The first-order valence-electron chi connectivity index (χ1n) is 6.31. The first kappa shape index (κ1) is 13.5. The van der Waals surface area contributed by atoms with E-state index in [0.29, 0.717) is 11.7 Å². The molecule has 2 amide bonds. The molecule has 3 atom stereocenters. The van der Waals surface area contributed by atoms with Crippen LogP contribution in [-0.2, 0) is 4.79 Å². The molecule has 0 radical (unpaired) electrons. The number of aliphatic carboxylic acids is 1. The summed E-state index contributed by atoms with van der Waals surface area (Å²) < 4.78 is 0. The van der Waals surface area contributed by atoms with Crippen molar-refractivity contribution in [1.82, 2.24) is 10.6 Å². The number of fused-ring (bicyclic) bond motifs is 1. The van der Waals surface area contributed by atoms with Crippen molar-refractivity contribution in [2.24, 2.45) is 0 Å². The maximum atomic E-state index is 11.5. The standard InChI is InChI=1S/C12H20N2O3S/c1-11-7-18-8(5-3-4-6-9(15)16)12(11,2)14-10(17)13-11/h8H,3-7H2,1-2H3,(H,15,16)(H2,13,14,17)/t8?,11-,12+/m0/s1. The first-order chi connectivity index (χ1) is 8.37. The molecule has 102 valence electrons. The Labute approximate surface area is 111 Å². The molecule has 2 saturated heterocycles. The summed E-state index contributed by atoms with van der Waals surface area (Å²) in [6.45, 7) is 4.17. The second-order valence-corrected chi connectivity index (χ2v) is 6.74. The Bertz CT molecular complexity index is 376. The number of carbonyl (C=O) groups excluding carboxylic acids is 1. The predicted molar refractivity (Wildman–Crippen MR) is 70.8 cm³/mol. The Morgan fingerprint density at radius 3 is 2.83 bits per heavy atom. The van der Waals surface area contributed by atoms with Gasteiger partial charge in [-0.05, 0) is 26.7 Å². The molecule has 0 aliphatic carbocycles. The maximum Gasteiger partial charge on any atom is 0.315 e. The largest absolute Gasteiger partial charge is 0.481 e. The Morgan fingerprint density at radius 1 is 1.44 bits per heavy atom. The van der Waals surface area contributed by atoms with Crippen LogP contribution in [0, 0.1) is 0 Å². The highest BCUT2D eigenvalue weighted by atomic mass is 32.2. The average Bonchev–Trinajstić information content (AvgIpc) is 2.60. The lowest BCUT2D eigenvalue weighted by molar-refractivity contribution is -0.137. The Hall–Kier alpha value is -0.910. The highest BCUT2D eigenvalue weighted by Gasteiger charge is 2.60. The van der Waals surface area contributed by atoms with Crippen LogP contribution >= 0.6 is 11.8 Å². The van der Waals surface area contributed by atoms with Gasteiger partial charge in [0.2, 0.25) is 0 Å². The van der Waals surface area contributed by atoms with E-state index in [9.17, 15) is 9.59 Å². The van der Waals surface area contributed by atoms with Gasteiger partial charge in [-0.2, -0.15) is 11.8 Å². The van der Waals surface area contributed by atoms with Gasteiger partial charge in [0.05, 0.1) is 11.1 Å². The van der Waals surface area contributed by atoms with E-state index < -0.39 is 5.97 Å². The third-order valence-corrected chi connectivity index (χ3v) is 6.09. The molecule has 3 N–H and O–H groups in total. The minimum absolute atomic E-state index is 0.0872. The van der Waals surface area contributed by atoms with Crippen LogP contribution in [0.3, 0.4) is 0 Å². The van der Waals surface area contributed by atoms with Gasteiger partial charge >= 0.3 is 12.0 Å². The minimum Gasteiger partial charge on any atom is -0.481 e. The monoisotopic (exact) mass is 272 g/mol. The molecule has 2 aliphatic heterocycles. The summed E-state index contributed by atoms with van der Waals surface area (Å²) in [6.07, 6.45) is 2.79. The predicted octanol–water partition coefficient (Wildman–Crippen LogP) is 1.58. The highest BCUT2D eigenvalue weighted by molar-refractivity contribution is 8.00. The quantitative estimate of drug-likeness (QED) is 0.524. The number of rotatable bonds is 5. The lowest BCUT2D eigenvalue weighted by Gasteiger charge is -2.35. The molecule has 0 spiro atoms. The van der Waals surface area contributed by atoms with Crippen LogP contribution < -0.4 is 10.6 Å². The third-order valence-electron chi connectivity index (χ3n) is 4.23. The van der Waals surface area contributed by atoms with E-state index in [0.717, 1.165) is 18.6 Å². The summed E-state index contributed by atoms with van der Waals surface area (Å²) in [5, 5.41) is 15.0. The van der Waals surface area contributed by atoms with Crippen LogP contribution in [0.1, 0.15) is 39.5 Å². The van der Waals surface area contributed by atoms with Crippen molar-refractivity contribution in [2.45, 2.75) is 55.9 Å². The SMILES string of the molecule is C[C@]12CSC(CCCCC(=O)O)[C@@]1(C)NC(=O)N2. The van der Waals surface area contributed by atoms with E-state index in [1.807, 2.05) is 11.8 Å². The molecule has 2 heterocycles. The number of unbranched alkanes of at least 4 members (excludes halogenated alkanes) is 1. The molecule has 2 aliphatic rings. The van der Waals surface area contributed by atoms with Crippen molar-refractivity contribution in [3.8, 4) is 0 Å². The van der Waals surface area contributed by atoms with Gasteiger partial charge in [0.1, 0.15) is 0 Å². The molecule has 18 heavy (non-hydrogen) atoms. The van der Waals surface area contributed by atoms with E-state index in [-0.39, 0.29) is 23.5 Å². The van der Waals surface area contributed by atoms with Gasteiger partial charge in [0, 0.05) is 17.4 Å². The lowest BCUT2D eigenvalue weighted by Crippen LogP contribution is -2.58. The van der Waals surface area contributed by atoms with Crippen LogP contribution in [-0.4, -0.2) is 39.2 Å². The normalized spacial score (nSPS) is 38.1. The van der Waals surface area contributed by atoms with Gasteiger partial charge < -0.3 is 15.7 Å². The number of hydrogen-bond acceptors (Lipinski definition) is 3. The summed E-state index contributed by atoms with van der Waals surface area (Å²) in [4.78, 5) is 22.0. The Morgan fingerprint density at radius 2 is 2.17 bits per heavy atom. The van der Waals surface area contributed by atoms with E-state index in [4.69, 9.17) is 5.11 Å². The third kappa shape index (κ3) is 2.18. The van der Waals surface area contributed by atoms with Crippen molar-refractivity contribution in [3.63, 3.8) is 0 Å². The van der Waals surface area contributed by atoms with Gasteiger partial charge in [0.15, 0.2) is 0 Å². The molecule has 0 aromatic heterocycles. The average molecular weight is 272 g/mol. The summed E-state index contributed by atoms with van der Waals surface area (Å²) >= 11 is 1.87. The van der Waals surface area contributed by atoms with Gasteiger partial charge in [0.25, 0.3) is 0 Å². The van der Waals surface area contributed by atoms with E-state index in [2.05, 4.69) is 24.5 Å². The second kappa shape index (κ2) is 4.64. The summed E-state index contributed by atoms with van der Waals surface area (Å²) in [6, 6.07) is -0.0872. The Balaban J connectivity index is 1.91. The fraction of sp³-hybridized carbons (Fsp3) is 0.833. The van der Waals surface area contributed by atoms with Crippen LogP contribution in [0.4, 0.5) is 4.79 Å². The first-order valence-corrected chi connectivity index (χ1v) is 7.36. The number of amides is 2. The van der Waals surface area contributed by atoms with Crippen LogP contribution in [0.15, 0.2) is 0 Å². The molecule has 6 heteroatoms. The number of nitrogens with one attached hydrogen (secondary N) is 2. The fourth-order valence-electron chi connectivity index (χ4n) is 2.82. The van der Waals surface area contributed by atoms with Crippen molar-refractivity contribution in [2.75, 3.05) is 5.75 Å². The zero-order valence-electron chi connectivity index (χ0n) is 10.8. The van der Waals surface area contributed by atoms with Crippen LogP contribution in [0.25, 0.3) is 0 Å². The number of carboxylic acid groups (broad SMARTS) is 1. The van der Waals surface area contributed by atoms with Crippen LogP contribution in [0.5, 0.6) is 0 Å². The second-order valence-electron chi connectivity index (χ2n) is 5.55. The van der Waals surface area contributed by atoms with Gasteiger partial charge in [-0.25, -0.2) is 4.79 Å².